The molecule has 0 unspecified atom stereocenters. The van der Waals surface area contributed by atoms with E-state index in [4.69, 9.17) is 0 Å². The Hall–Kier alpha value is -6.42. The lowest BCUT2D eigenvalue weighted by atomic mass is 9.92. The van der Waals surface area contributed by atoms with E-state index in [1.54, 1.807) is 0 Å². The SMILES string of the molecule is c1ccc(-c2ccccc2-c2cccc3c2c2cc(N(c4ccccc4)c4ccc5sc6ccccc6c5c4)ccc2n3-c2ccccc2)cc1. The van der Waals surface area contributed by atoms with Crippen LogP contribution in [0, 0.1) is 0 Å². The summed E-state index contributed by atoms with van der Waals surface area (Å²) < 4.78 is 5.03. The maximum absolute atomic E-state index is 2.42. The van der Waals surface area contributed by atoms with E-state index < -0.39 is 0 Å². The minimum atomic E-state index is 1.12. The van der Waals surface area contributed by atoms with Crippen LogP contribution in [0.2, 0.25) is 0 Å². The molecule has 0 radical (unpaired) electrons. The molecular weight excluding hydrogens is 637 g/mol. The zero-order chi connectivity index (χ0) is 33.7. The highest BCUT2D eigenvalue weighted by Crippen LogP contribution is 2.45. The van der Waals surface area contributed by atoms with Gasteiger partial charge in [-0.15, -0.1) is 11.3 Å². The molecule has 51 heavy (non-hydrogen) atoms. The van der Waals surface area contributed by atoms with Gasteiger partial charge in [0.05, 0.1) is 11.0 Å². The molecule has 0 saturated heterocycles. The molecule has 10 aromatic rings. The Morgan fingerprint density at radius 3 is 1.78 bits per heavy atom. The van der Waals surface area contributed by atoms with E-state index in [0.29, 0.717) is 0 Å². The summed E-state index contributed by atoms with van der Waals surface area (Å²) in [6.45, 7) is 0. The molecule has 8 aromatic carbocycles. The van der Waals surface area contributed by atoms with E-state index in [0.717, 1.165) is 22.7 Å². The maximum atomic E-state index is 2.42. The van der Waals surface area contributed by atoms with Gasteiger partial charge in [0.15, 0.2) is 0 Å². The summed E-state index contributed by atoms with van der Waals surface area (Å²) in [5.41, 5.74) is 11.8. The van der Waals surface area contributed by atoms with Crippen LogP contribution in [0.5, 0.6) is 0 Å². The summed E-state index contributed by atoms with van der Waals surface area (Å²) in [6, 6.07) is 70.4. The maximum Gasteiger partial charge on any atom is 0.0547 e. The highest BCUT2D eigenvalue weighted by atomic mass is 32.1. The first-order valence-electron chi connectivity index (χ1n) is 17.4. The largest absolute Gasteiger partial charge is 0.310 e. The molecule has 0 aliphatic carbocycles. The van der Waals surface area contributed by atoms with Gasteiger partial charge in [-0.25, -0.2) is 0 Å². The molecule has 2 aromatic heterocycles. The van der Waals surface area contributed by atoms with Crippen molar-refractivity contribution in [3.05, 3.63) is 194 Å². The number of nitrogens with zero attached hydrogens (tertiary/aromatic N) is 2. The summed E-state index contributed by atoms with van der Waals surface area (Å²) in [4.78, 5) is 2.40. The van der Waals surface area contributed by atoms with Crippen molar-refractivity contribution in [2.24, 2.45) is 0 Å². The molecule has 0 amide bonds. The number of fused-ring (bicyclic) bond motifs is 6. The fourth-order valence-corrected chi connectivity index (χ4v) is 8.83. The van der Waals surface area contributed by atoms with Gasteiger partial charge in [-0.05, 0) is 95.1 Å². The topological polar surface area (TPSA) is 8.17 Å². The second kappa shape index (κ2) is 12.2. The molecule has 0 bridgehead atoms. The normalized spacial score (nSPS) is 11.5. The molecule has 0 spiro atoms. The first-order valence-corrected chi connectivity index (χ1v) is 18.2. The first kappa shape index (κ1) is 29.5. The lowest BCUT2D eigenvalue weighted by Crippen LogP contribution is -2.09. The highest BCUT2D eigenvalue weighted by Gasteiger charge is 2.21. The summed E-state index contributed by atoms with van der Waals surface area (Å²) >= 11 is 1.86. The summed E-state index contributed by atoms with van der Waals surface area (Å²) in [7, 11) is 0. The van der Waals surface area contributed by atoms with Crippen LogP contribution in [0.15, 0.2) is 194 Å². The van der Waals surface area contributed by atoms with E-state index in [2.05, 4.69) is 204 Å². The molecule has 0 aliphatic rings. The Bertz CT molecular complexity index is 2850. The van der Waals surface area contributed by atoms with Crippen LogP contribution in [-0.4, -0.2) is 4.57 Å². The van der Waals surface area contributed by atoms with Crippen molar-refractivity contribution in [2.75, 3.05) is 4.90 Å². The van der Waals surface area contributed by atoms with E-state index in [1.807, 2.05) is 11.3 Å². The Kier molecular flexibility index (Phi) is 7.04. The molecule has 0 atom stereocenters. The van der Waals surface area contributed by atoms with Gasteiger partial charge in [-0.1, -0.05) is 121 Å². The number of hydrogen-bond donors (Lipinski definition) is 0. The van der Waals surface area contributed by atoms with Crippen molar-refractivity contribution in [1.82, 2.24) is 4.57 Å². The van der Waals surface area contributed by atoms with Crippen LogP contribution in [0.1, 0.15) is 0 Å². The number of para-hydroxylation sites is 2. The fraction of sp³-hybridized carbons (Fsp3) is 0. The van der Waals surface area contributed by atoms with Gasteiger partial charge < -0.3 is 9.47 Å². The highest BCUT2D eigenvalue weighted by molar-refractivity contribution is 7.25. The smallest absolute Gasteiger partial charge is 0.0547 e. The van der Waals surface area contributed by atoms with E-state index in [1.165, 1.54) is 64.2 Å². The zero-order valence-electron chi connectivity index (χ0n) is 27.8. The third-order valence-corrected chi connectivity index (χ3v) is 11.1. The van der Waals surface area contributed by atoms with Crippen LogP contribution < -0.4 is 4.90 Å². The van der Waals surface area contributed by atoms with Crippen molar-refractivity contribution in [2.45, 2.75) is 0 Å². The van der Waals surface area contributed by atoms with Crippen molar-refractivity contribution < 1.29 is 0 Å². The van der Waals surface area contributed by atoms with E-state index in [-0.39, 0.29) is 0 Å². The van der Waals surface area contributed by atoms with Crippen LogP contribution in [0.4, 0.5) is 17.1 Å². The monoisotopic (exact) mass is 668 g/mol. The molecular formula is C48H32N2S. The second-order valence-electron chi connectivity index (χ2n) is 12.9. The predicted molar refractivity (Wildman–Crippen MR) is 219 cm³/mol. The summed E-state index contributed by atoms with van der Waals surface area (Å²) in [5, 5.41) is 5.05. The predicted octanol–water partition coefficient (Wildman–Crippen LogP) is 14.0. The van der Waals surface area contributed by atoms with Gasteiger partial charge in [0.25, 0.3) is 0 Å². The first-order chi connectivity index (χ1) is 25.3. The fourth-order valence-electron chi connectivity index (χ4n) is 7.74. The lowest BCUT2D eigenvalue weighted by Gasteiger charge is -2.26. The minimum absolute atomic E-state index is 1.12. The number of hydrogen-bond acceptors (Lipinski definition) is 2. The molecule has 0 aliphatic heterocycles. The Balaban J connectivity index is 1.26. The van der Waals surface area contributed by atoms with Crippen molar-refractivity contribution >= 4 is 70.4 Å². The summed E-state index contributed by atoms with van der Waals surface area (Å²) in [6.07, 6.45) is 0. The molecule has 0 N–H and O–H groups in total. The second-order valence-corrected chi connectivity index (χ2v) is 14.0. The number of rotatable bonds is 6. The number of benzene rings is 8. The van der Waals surface area contributed by atoms with Gasteiger partial charge in [0.1, 0.15) is 0 Å². The van der Waals surface area contributed by atoms with Crippen molar-refractivity contribution in [3.8, 4) is 27.9 Å². The van der Waals surface area contributed by atoms with Gasteiger partial charge in [-0.3, -0.25) is 0 Å². The Labute approximate surface area is 300 Å². The average molecular weight is 669 g/mol. The quantitative estimate of drug-likeness (QED) is 0.171. The van der Waals surface area contributed by atoms with Gasteiger partial charge >= 0.3 is 0 Å². The number of aromatic nitrogens is 1. The van der Waals surface area contributed by atoms with Crippen LogP contribution >= 0.6 is 11.3 Å². The van der Waals surface area contributed by atoms with E-state index >= 15 is 0 Å². The lowest BCUT2D eigenvalue weighted by molar-refractivity contribution is 1.18. The van der Waals surface area contributed by atoms with E-state index in [9.17, 15) is 0 Å². The third-order valence-electron chi connectivity index (χ3n) is 9.98. The molecule has 0 saturated carbocycles. The van der Waals surface area contributed by atoms with Crippen molar-refractivity contribution in [3.63, 3.8) is 0 Å². The van der Waals surface area contributed by atoms with Gasteiger partial charge in [0, 0.05) is 53.7 Å². The minimum Gasteiger partial charge on any atom is -0.310 e. The number of anilines is 3. The van der Waals surface area contributed by atoms with Gasteiger partial charge in [0.2, 0.25) is 0 Å². The third kappa shape index (κ3) is 4.93. The van der Waals surface area contributed by atoms with Gasteiger partial charge in [-0.2, -0.15) is 0 Å². The number of thiophene rings is 1. The molecule has 3 heteroatoms. The average Bonchev–Trinajstić information content (AvgIpc) is 3.74. The summed E-state index contributed by atoms with van der Waals surface area (Å²) in [5.74, 6) is 0. The van der Waals surface area contributed by atoms with Crippen molar-refractivity contribution in [1.29, 1.82) is 0 Å². The van der Waals surface area contributed by atoms with Crippen LogP contribution in [0.3, 0.4) is 0 Å². The van der Waals surface area contributed by atoms with Crippen LogP contribution in [0.25, 0.3) is 69.9 Å². The molecule has 2 nitrogen and oxygen atoms in total. The molecule has 0 fully saturated rings. The van der Waals surface area contributed by atoms with Crippen LogP contribution in [-0.2, 0) is 0 Å². The standard InChI is InChI=1S/C48H32N2S/c1-4-15-33(16-5-1)38-21-10-11-22-39(38)41-24-14-25-45-48(41)43-32-36(27-29-44(43)50(45)35-19-8-3-9-20-35)49(34-17-6-2-7-18-34)37-28-30-47-42(31-37)40-23-12-13-26-46(40)51-47/h1-32H. The Morgan fingerprint density at radius 2 is 0.980 bits per heavy atom. The zero-order valence-corrected chi connectivity index (χ0v) is 28.6. The molecule has 240 valence electrons. The molecule has 2 heterocycles. The molecule has 10 rings (SSSR count). The Morgan fingerprint density at radius 1 is 0.373 bits per heavy atom.